The van der Waals surface area contributed by atoms with Gasteiger partial charge in [0.2, 0.25) is 5.91 Å². The van der Waals surface area contributed by atoms with E-state index in [2.05, 4.69) is 5.32 Å². The van der Waals surface area contributed by atoms with E-state index in [1.54, 1.807) is 6.07 Å². The minimum Gasteiger partial charge on any atom is -0.508 e. The monoisotopic (exact) mass is 262 g/mol. The third-order valence-electron chi connectivity index (χ3n) is 3.89. The molecule has 0 saturated heterocycles. The van der Waals surface area contributed by atoms with Crippen molar-refractivity contribution < 1.29 is 9.90 Å². The average molecular weight is 262 g/mol. The zero-order valence-electron chi connectivity index (χ0n) is 11.6. The first kappa shape index (κ1) is 13.9. The Bertz CT molecular complexity index is 485. The van der Waals surface area contributed by atoms with Gasteiger partial charge in [0.25, 0.3) is 0 Å². The van der Waals surface area contributed by atoms with E-state index in [0.29, 0.717) is 0 Å². The van der Waals surface area contributed by atoms with Gasteiger partial charge in [-0.05, 0) is 56.4 Å². The summed E-state index contributed by atoms with van der Waals surface area (Å²) in [5.41, 5.74) is 8.33. The summed E-state index contributed by atoms with van der Waals surface area (Å²) in [6, 6.07) is 3.63. The maximum atomic E-state index is 12.2. The fourth-order valence-corrected chi connectivity index (χ4v) is 2.64. The number of amides is 1. The molecule has 1 aliphatic rings. The molecule has 0 aliphatic heterocycles. The summed E-state index contributed by atoms with van der Waals surface area (Å²) in [7, 11) is 0. The van der Waals surface area contributed by atoms with Crippen molar-refractivity contribution in [2.75, 3.05) is 5.32 Å². The number of benzene rings is 1. The van der Waals surface area contributed by atoms with Crippen molar-refractivity contribution in [2.45, 2.75) is 45.6 Å². The van der Waals surface area contributed by atoms with Crippen LogP contribution in [-0.4, -0.2) is 17.1 Å². The molecule has 4 N–H and O–H groups in total. The molecular weight excluding hydrogens is 240 g/mol. The highest BCUT2D eigenvalue weighted by molar-refractivity contribution is 5.93. The molecule has 0 radical (unpaired) electrons. The number of nitrogens with one attached hydrogen (secondary N) is 1. The molecule has 2 rings (SSSR count). The molecule has 19 heavy (non-hydrogen) atoms. The Morgan fingerprint density at radius 3 is 2.74 bits per heavy atom. The number of aryl methyl sites for hydroxylation is 2. The summed E-state index contributed by atoms with van der Waals surface area (Å²) in [4.78, 5) is 12.2. The van der Waals surface area contributed by atoms with E-state index in [0.717, 1.165) is 42.5 Å². The lowest BCUT2D eigenvalue weighted by molar-refractivity contribution is -0.120. The molecule has 104 valence electrons. The zero-order chi connectivity index (χ0) is 14.0. The SMILES string of the molecule is Cc1cc(NC(=O)C2CCCC(N)C2)c(C)cc1O. The summed E-state index contributed by atoms with van der Waals surface area (Å²) in [5.74, 6) is 0.316. The molecule has 1 saturated carbocycles. The predicted molar refractivity (Wildman–Crippen MR) is 76.1 cm³/mol. The van der Waals surface area contributed by atoms with Crippen LogP contribution in [0.4, 0.5) is 5.69 Å². The number of phenols is 1. The van der Waals surface area contributed by atoms with Gasteiger partial charge in [0.1, 0.15) is 5.75 Å². The highest BCUT2D eigenvalue weighted by Crippen LogP contribution is 2.28. The van der Waals surface area contributed by atoms with Gasteiger partial charge < -0.3 is 16.2 Å². The van der Waals surface area contributed by atoms with Gasteiger partial charge in [-0.3, -0.25) is 4.79 Å². The topological polar surface area (TPSA) is 75.4 Å². The highest BCUT2D eigenvalue weighted by Gasteiger charge is 2.25. The van der Waals surface area contributed by atoms with Crippen LogP contribution < -0.4 is 11.1 Å². The summed E-state index contributed by atoms with van der Waals surface area (Å²) >= 11 is 0. The van der Waals surface area contributed by atoms with Crippen molar-refractivity contribution in [1.82, 2.24) is 0 Å². The number of carbonyl (C=O) groups is 1. The van der Waals surface area contributed by atoms with Gasteiger partial charge in [0.15, 0.2) is 0 Å². The Hall–Kier alpha value is -1.55. The van der Waals surface area contributed by atoms with Gasteiger partial charge >= 0.3 is 0 Å². The van der Waals surface area contributed by atoms with Crippen molar-refractivity contribution in [2.24, 2.45) is 11.7 Å². The lowest BCUT2D eigenvalue weighted by Gasteiger charge is -2.26. The molecule has 1 aliphatic carbocycles. The Balaban J connectivity index is 2.08. The first-order valence-corrected chi connectivity index (χ1v) is 6.84. The van der Waals surface area contributed by atoms with Crippen molar-refractivity contribution in [3.63, 3.8) is 0 Å². The molecule has 0 heterocycles. The van der Waals surface area contributed by atoms with Crippen LogP contribution in [0, 0.1) is 19.8 Å². The minimum absolute atomic E-state index is 0.0114. The van der Waals surface area contributed by atoms with Crippen molar-refractivity contribution >= 4 is 11.6 Å². The van der Waals surface area contributed by atoms with E-state index in [-0.39, 0.29) is 23.6 Å². The van der Waals surface area contributed by atoms with Crippen LogP contribution >= 0.6 is 0 Å². The number of nitrogens with two attached hydrogens (primary N) is 1. The average Bonchev–Trinajstić information content (AvgIpc) is 2.36. The summed E-state index contributed by atoms with van der Waals surface area (Å²) in [5, 5.41) is 12.6. The van der Waals surface area contributed by atoms with E-state index in [1.807, 2.05) is 19.9 Å². The molecule has 4 nitrogen and oxygen atoms in total. The van der Waals surface area contributed by atoms with Crippen molar-refractivity contribution in [3.05, 3.63) is 23.3 Å². The van der Waals surface area contributed by atoms with Gasteiger partial charge in [0, 0.05) is 17.6 Å². The van der Waals surface area contributed by atoms with Crippen LogP contribution in [0.2, 0.25) is 0 Å². The van der Waals surface area contributed by atoms with Crippen LogP contribution in [0.5, 0.6) is 5.75 Å². The Morgan fingerprint density at radius 1 is 1.32 bits per heavy atom. The number of carbonyl (C=O) groups excluding carboxylic acids is 1. The molecule has 1 amide bonds. The fraction of sp³-hybridized carbons (Fsp3) is 0.533. The van der Waals surface area contributed by atoms with Crippen LogP contribution in [0.3, 0.4) is 0 Å². The molecule has 1 aromatic carbocycles. The number of hydrogen-bond donors (Lipinski definition) is 3. The molecule has 4 heteroatoms. The lowest BCUT2D eigenvalue weighted by atomic mass is 9.85. The van der Waals surface area contributed by atoms with Crippen LogP contribution in [-0.2, 0) is 4.79 Å². The third kappa shape index (κ3) is 3.26. The standard InChI is InChI=1S/C15H22N2O2/c1-9-7-14(18)10(2)6-13(9)17-15(19)11-4-3-5-12(16)8-11/h6-7,11-12,18H,3-5,8,16H2,1-2H3,(H,17,19). The van der Waals surface area contributed by atoms with E-state index in [1.165, 1.54) is 0 Å². The van der Waals surface area contributed by atoms with Gasteiger partial charge in [-0.15, -0.1) is 0 Å². The molecule has 1 aromatic rings. The first-order valence-electron chi connectivity index (χ1n) is 6.84. The quantitative estimate of drug-likeness (QED) is 0.717. The van der Waals surface area contributed by atoms with Gasteiger partial charge in [-0.1, -0.05) is 6.42 Å². The zero-order valence-corrected chi connectivity index (χ0v) is 11.6. The molecule has 1 fully saturated rings. The second-order valence-electron chi connectivity index (χ2n) is 5.57. The third-order valence-corrected chi connectivity index (χ3v) is 3.89. The number of phenolic OH excluding ortho intramolecular Hbond substituents is 1. The fourth-order valence-electron chi connectivity index (χ4n) is 2.64. The highest BCUT2D eigenvalue weighted by atomic mass is 16.3. The Kier molecular flexibility index (Phi) is 4.10. The molecule has 0 spiro atoms. The van der Waals surface area contributed by atoms with E-state index >= 15 is 0 Å². The number of aromatic hydroxyl groups is 1. The summed E-state index contributed by atoms with van der Waals surface area (Å²) in [6.45, 7) is 3.70. The molecule has 0 aromatic heterocycles. The van der Waals surface area contributed by atoms with E-state index in [4.69, 9.17) is 5.73 Å². The van der Waals surface area contributed by atoms with Gasteiger partial charge in [-0.2, -0.15) is 0 Å². The Labute approximate surface area is 114 Å². The van der Waals surface area contributed by atoms with Gasteiger partial charge in [0.05, 0.1) is 0 Å². The van der Waals surface area contributed by atoms with E-state index in [9.17, 15) is 9.90 Å². The maximum absolute atomic E-state index is 12.2. The Morgan fingerprint density at radius 2 is 2.05 bits per heavy atom. The molecule has 2 unspecified atom stereocenters. The van der Waals surface area contributed by atoms with Crippen LogP contribution in [0.15, 0.2) is 12.1 Å². The maximum Gasteiger partial charge on any atom is 0.227 e. The second kappa shape index (κ2) is 5.61. The van der Waals surface area contributed by atoms with Gasteiger partial charge in [-0.25, -0.2) is 0 Å². The minimum atomic E-state index is 0.0114. The van der Waals surface area contributed by atoms with Crippen LogP contribution in [0.1, 0.15) is 36.8 Å². The molecule has 0 bridgehead atoms. The van der Waals surface area contributed by atoms with Crippen LogP contribution in [0.25, 0.3) is 0 Å². The summed E-state index contributed by atoms with van der Waals surface area (Å²) < 4.78 is 0. The normalized spacial score (nSPS) is 23.1. The molecular formula is C15H22N2O2. The lowest BCUT2D eigenvalue weighted by Crippen LogP contribution is -2.34. The summed E-state index contributed by atoms with van der Waals surface area (Å²) in [6.07, 6.45) is 3.71. The smallest absolute Gasteiger partial charge is 0.227 e. The van der Waals surface area contributed by atoms with Crippen molar-refractivity contribution in [3.8, 4) is 5.75 Å². The number of anilines is 1. The van der Waals surface area contributed by atoms with E-state index < -0.39 is 0 Å². The molecule has 2 atom stereocenters. The largest absolute Gasteiger partial charge is 0.508 e. The predicted octanol–water partition coefficient (Wildman–Crippen LogP) is 2.47. The van der Waals surface area contributed by atoms with Crippen molar-refractivity contribution in [1.29, 1.82) is 0 Å². The number of rotatable bonds is 2. The number of hydrogen-bond acceptors (Lipinski definition) is 3. The first-order chi connectivity index (χ1) is 8.97. The second-order valence-corrected chi connectivity index (χ2v) is 5.57.